The molecule has 1 aromatic rings. The lowest BCUT2D eigenvalue weighted by atomic mass is 10.1. The van der Waals surface area contributed by atoms with E-state index < -0.39 is 0 Å². The van der Waals surface area contributed by atoms with E-state index in [4.69, 9.17) is 14.2 Å². The summed E-state index contributed by atoms with van der Waals surface area (Å²) in [5, 5.41) is 0. The third-order valence-corrected chi connectivity index (χ3v) is 8.29. The quantitative estimate of drug-likeness (QED) is 0.0898. The molecule has 0 atom stereocenters. The van der Waals surface area contributed by atoms with Crippen LogP contribution in [0.5, 0.6) is 11.5 Å². The Morgan fingerprint density at radius 1 is 0.537 bits per heavy atom. The topological polar surface area (TPSA) is 40.0 Å². The molecule has 2 rings (SSSR count). The first kappa shape index (κ1) is 35.5. The number of benzene rings is 1. The highest BCUT2D eigenvalue weighted by atomic mass is 16.5. The highest BCUT2D eigenvalue weighted by Gasteiger charge is 2.14. The summed E-state index contributed by atoms with van der Waals surface area (Å²) in [4.78, 5) is 4.48. The predicted molar refractivity (Wildman–Crippen MR) is 177 cm³/mol. The van der Waals surface area contributed by atoms with Crippen LogP contribution in [0.3, 0.4) is 0 Å². The van der Waals surface area contributed by atoms with Gasteiger partial charge in [-0.3, -0.25) is 0 Å². The molecule has 0 aromatic heterocycles. The molecule has 0 saturated heterocycles. The van der Waals surface area contributed by atoms with Crippen LogP contribution in [0.25, 0.3) is 0 Å². The molecular formula is C37H65NO3. The van der Waals surface area contributed by atoms with E-state index in [2.05, 4.69) is 31.0 Å². The van der Waals surface area contributed by atoms with Gasteiger partial charge < -0.3 is 14.2 Å². The van der Waals surface area contributed by atoms with Crippen LogP contribution in [0.4, 0.5) is 0 Å². The van der Waals surface area contributed by atoms with Crippen LogP contribution in [0, 0.1) is 0 Å². The summed E-state index contributed by atoms with van der Waals surface area (Å²) in [7, 11) is 0. The molecule has 41 heavy (non-hydrogen) atoms. The first-order valence-corrected chi connectivity index (χ1v) is 17.9. The molecule has 4 nitrogen and oxygen atoms in total. The lowest BCUT2D eigenvalue weighted by Crippen LogP contribution is -2.06. The smallest absolute Gasteiger partial charge is 0.216 e. The number of rotatable bonds is 29. The summed E-state index contributed by atoms with van der Waals surface area (Å²) in [6.07, 6.45) is 32.5. The predicted octanol–water partition coefficient (Wildman–Crippen LogP) is 11.6. The maximum Gasteiger partial charge on any atom is 0.216 e. The third-order valence-electron chi connectivity index (χ3n) is 8.29. The average molecular weight is 572 g/mol. The van der Waals surface area contributed by atoms with E-state index in [1.807, 2.05) is 6.07 Å². The van der Waals surface area contributed by atoms with Gasteiger partial charge in [0.1, 0.15) is 6.61 Å². The fourth-order valence-electron chi connectivity index (χ4n) is 5.63. The summed E-state index contributed by atoms with van der Waals surface area (Å²) >= 11 is 0. The Kier molecular flexibility index (Phi) is 22.5. The van der Waals surface area contributed by atoms with E-state index >= 15 is 0 Å². The summed E-state index contributed by atoms with van der Waals surface area (Å²) in [5.41, 5.74) is 0.991. The maximum absolute atomic E-state index is 6.26. The second kappa shape index (κ2) is 26.0. The van der Waals surface area contributed by atoms with E-state index in [0.717, 1.165) is 55.6 Å². The SMILES string of the molecule is CCCCCCCCCCCCCCOc1ccc(C2=NCCO2)cc1OCCCCCCCCCCCCCC. The highest BCUT2D eigenvalue weighted by molar-refractivity contribution is 5.95. The number of ether oxygens (including phenoxy) is 3. The molecule has 0 N–H and O–H groups in total. The molecule has 0 radical (unpaired) electrons. The standard InChI is InChI=1S/C37H65NO3/c1-3-5-7-9-11-13-15-17-19-21-23-25-30-39-35-28-27-34(37-38-29-32-41-37)33-36(35)40-31-26-24-22-20-18-16-14-12-10-8-6-4-2/h27-28,33H,3-26,29-32H2,1-2H3. The fraction of sp³-hybridized carbons (Fsp3) is 0.811. The van der Waals surface area contributed by atoms with E-state index in [9.17, 15) is 0 Å². The molecule has 236 valence electrons. The van der Waals surface area contributed by atoms with Gasteiger partial charge in [-0.1, -0.05) is 155 Å². The average Bonchev–Trinajstić information content (AvgIpc) is 3.53. The van der Waals surface area contributed by atoms with Crippen LogP contribution in [0.15, 0.2) is 23.2 Å². The van der Waals surface area contributed by atoms with Crippen LogP contribution in [0.2, 0.25) is 0 Å². The second-order valence-corrected chi connectivity index (χ2v) is 12.2. The molecule has 0 saturated carbocycles. The van der Waals surface area contributed by atoms with Crippen molar-refractivity contribution in [2.75, 3.05) is 26.4 Å². The number of unbranched alkanes of at least 4 members (excludes halogenated alkanes) is 22. The Labute approximate surface area is 254 Å². The molecule has 0 bridgehead atoms. The Hall–Kier alpha value is -1.71. The van der Waals surface area contributed by atoms with Gasteiger partial charge in [0.15, 0.2) is 11.5 Å². The van der Waals surface area contributed by atoms with Crippen molar-refractivity contribution in [1.29, 1.82) is 0 Å². The van der Waals surface area contributed by atoms with Crippen molar-refractivity contribution in [3.63, 3.8) is 0 Å². The largest absolute Gasteiger partial charge is 0.490 e. The van der Waals surface area contributed by atoms with Gasteiger partial charge in [-0.05, 0) is 31.0 Å². The number of aliphatic imine (C=N–C) groups is 1. The molecule has 0 aliphatic carbocycles. The first-order chi connectivity index (χ1) is 20.3. The lowest BCUT2D eigenvalue weighted by molar-refractivity contribution is 0.258. The lowest BCUT2D eigenvalue weighted by Gasteiger charge is -2.14. The monoisotopic (exact) mass is 571 g/mol. The van der Waals surface area contributed by atoms with Crippen molar-refractivity contribution in [3.05, 3.63) is 23.8 Å². The van der Waals surface area contributed by atoms with Crippen molar-refractivity contribution < 1.29 is 14.2 Å². The molecular weight excluding hydrogens is 506 g/mol. The third kappa shape index (κ3) is 18.4. The zero-order valence-electron chi connectivity index (χ0n) is 27.2. The number of hydrogen-bond donors (Lipinski definition) is 0. The van der Waals surface area contributed by atoms with Crippen molar-refractivity contribution in [1.82, 2.24) is 0 Å². The minimum absolute atomic E-state index is 0.668. The van der Waals surface area contributed by atoms with Gasteiger partial charge in [0.05, 0.1) is 19.8 Å². The summed E-state index contributed by atoms with van der Waals surface area (Å²) in [6, 6.07) is 6.15. The van der Waals surface area contributed by atoms with Crippen LogP contribution in [0.1, 0.15) is 174 Å². The van der Waals surface area contributed by atoms with E-state index in [1.165, 1.54) is 141 Å². The zero-order chi connectivity index (χ0) is 29.1. The molecule has 1 aliphatic rings. The molecule has 0 fully saturated rings. The Morgan fingerprint density at radius 2 is 0.951 bits per heavy atom. The van der Waals surface area contributed by atoms with Crippen molar-refractivity contribution in [3.8, 4) is 11.5 Å². The summed E-state index contributed by atoms with van der Waals surface area (Å²) in [6.45, 7) is 7.48. The van der Waals surface area contributed by atoms with Crippen molar-refractivity contribution in [2.24, 2.45) is 4.99 Å². The summed E-state index contributed by atoms with van der Waals surface area (Å²) in [5.74, 6) is 2.42. The Balaban J connectivity index is 1.58. The fourth-order valence-corrected chi connectivity index (χ4v) is 5.63. The first-order valence-electron chi connectivity index (χ1n) is 17.9. The number of nitrogens with zero attached hydrogens (tertiary/aromatic N) is 1. The van der Waals surface area contributed by atoms with Gasteiger partial charge >= 0.3 is 0 Å². The van der Waals surface area contributed by atoms with Crippen molar-refractivity contribution in [2.45, 2.75) is 168 Å². The molecule has 0 unspecified atom stereocenters. The molecule has 0 amide bonds. The molecule has 0 spiro atoms. The maximum atomic E-state index is 6.26. The van der Waals surface area contributed by atoms with E-state index in [-0.39, 0.29) is 0 Å². The van der Waals surface area contributed by atoms with Crippen molar-refractivity contribution >= 4 is 5.90 Å². The minimum atomic E-state index is 0.668. The van der Waals surface area contributed by atoms with Crippen LogP contribution < -0.4 is 9.47 Å². The van der Waals surface area contributed by atoms with Crippen LogP contribution in [-0.4, -0.2) is 32.3 Å². The van der Waals surface area contributed by atoms with Gasteiger partial charge in [0, 0.05) is 5.56 Å². The van der Waals surface area contributed by atoms with Crippen LogP contribution in [-0.2, 0) is 4.74 Å². The normalized spacial score (nSPS) is 12.9. The Morgan fingerprint density at radius 3 is 1.37 bits per heavy atom. The van der Waals surface area contributed by atoms with Gasteiger partial charge in [0.25, 0.3) is 0 Å². The molecule has 1 aliphatic heterocycles. The Bertz CT molecular complexity index is 763. The number of hydrogen-bond acceptors (Lipinski definition) is 4. The second-order valence-electron chi connectivity index (χ2n) is 12.2. The van der Waals surface area contributed by atoms with E-state index in [0.29, 0.717) is 6.61 Å². The summed E-state index contributed by atoms with van der Waals surface area (Å²) < 4.78 is 18.2. The molecule has 1 aromatic carbocycles. The zero-order valence-corrected chi connectivity index (χ0v) is 27.2. The van der Waals surface area contributed by atoms with E-state index in [1.54, 1.807) is 0 Å². The highest BCUT2D eigenvalue weighted by Crippen LogP contribution is 2.30. The minimum Gasteiger partial charge on any atom is -0.490 e. The molecule has 1 heterocycles. The van der Waals surface area contributed by atoms with Gasteiger partial charge in [-0.15, -0.1) is 0 Å². The van der Waals surface area contributed by atoms with Gasteiger partial charge in [-0.2, -0.15) is 0 Å². The van der Waals surface area contributed by atoms with Gasteiger partial charge in [-0.25, -0.2) is 4.99 Å². The molecule has 4 heteroatoms. The van der Waals surface area contributed by atoms with Crippen LogP contribution >= 0.6 is 0 Å². The van der Waals surface area contributed by atoms with Gasteiger partial charge in [0.2, 0.25) is 5.90 Å².